The van der Waals surface area contributed by atoms with Crippen LogP contribution < -0.4 is 0 Å². The Labute approximate surface area is 193 Å². The Kier molecular flexibility index (Phi) is 7.31. The van der Waals surface area contributed by atoms with E-state index in [-0.39, 0.29) is 22.9 Å². The van der Waals surface area contributed by atoms with Gasteiger partial charge in [0.05, 0.1) is 0 Å². The quantitative estimate of drug-likeness (QED) is 0.288. The summed E-state index contributed by atoms with van der Waals surface area (Å²) >= 11 is 0. The molecule has 4 nitrogen and oxygen atoms in total. The zero-order valence-corrected chi connectivity index (χ0v) is 20.6. The maximum Gasteiger partial charge on any atom is 0.332 e. The molecule has 0 bridgehead atoms. The van der Waals surface area contributed by atoms with Gasteiger partial charge in [-0.15, -0.1) is 0 Å². The fourth-order valence-electron chi connectivity index (χ4n) is 5.94. The number of hydrogen-bond acceptors (Lipinski definition) is 4. The Morgan fingerprint density at radius 2 is 1.81 bits per heavy atom. The summed E-state index contributed by atoms with van der Waals surface area (Å²) in [5.41, 5.74) is -0.521. The lowest BCUT2D eigenvalue weighted by molar-refractivity contribution is -0.160. The fourth-order valence-corrected chi connectivity index (χ4v) is 5.94. The fraction of sp³-hybridized carbons (Fsp3) is 0.679. The van der Waals surface area contributed by atoms with Gasteiger partial charge >= 0.3 is 5.97 Å². The van der Waals surface area contributed by atoms with Crippen molar-refractivity contribution in [3.8, 4) is 0 Å². The summed E-state index contributed by atoms with van der Waals surface area (Å²) in [6.45, 7) is 13.0. The van der Waals surface area contributed by atoms with Gasteiger partial charge in [0.2, 0.25) is 0 Å². The van der Waals surface area contributed by atoms with Crippen molar-refractivity contribution in [2.45, 2.75) is 85.7 Å². The summed E-state index contributed by atoms with van der Waals surface area (Å²) in [7, 11) is 0. The predicted octanol–water partition coefficient (Wildman–Crippen LogP) is 6.01. The zero-order chi connectivity index (χ0) is 23.7. The van der Waals surface area contributed by atoms with E-state index in [0.717, 1.165) is 19.3 Å². The molecule has 3 aliphatic carbocycles. The summed E-state index contributed by atoms with van der Waals surface area (Å²) < 4.78 is 5.61. The molecule has 4 heteroatoms. The van der Waals surface area contributed by atoms with Gasteiger partial charge in [-0.2, -0.15) is 0 Å². The Morgan fingerprint density at radius 1 is 1.09 bits per heavy atom. The molecule has 0 aliphatic heterocycles. The van der Waals surface area contributed by atoms with Gasteiger partial charge in [-0.3, -0.25) is 9.59 Å². The highest BCUT2D eigenvalue weighted by molar-refractivity contribution is 6.03. The van der Waals surface area contributed by atoms with Gasteiger partial charge in [0.1, 0.15) is 0 Å². The standard InChI is InChI=1S/C28H40O4/c1-18(2)19(3)10-11-20(4)22-12-13-23-21(24(29)14-16-27(22,23)5)17-26(31)32-28(6)15-8-7-9-25(28)30/h7,9-11,17-20,22-23H,8,12-16H2,1-6H3/b11-10+,21-17-/t19-,20+,22+,23-,27+,28+/m0/s1. The summed E-state index contributed by atoms with van der Waals surface area (Å²) in [6, 6.07) is 0. The minimum absolute atomic E-state index is 0.00184. The van der Waals surface area contributed by atoms with Gasteiger partial charge in [-0.05, 0) is 80.1 Å². The van der Waals surface area contributed by atoms with Gasteiger partial charge in [0.25, 0.3) is 0 Å². The molecule has 0 amide bonds. The number of hydrogen-bond donors (Lipinski definition) is 0. The molecule has 2 fully saturated rings. The molecule has 3 rings (SSSR count). The number of ketones is 2. The highest BCUT2D eigenvalue weighted by Gasteiger charge is 2.52. The second kappa shape index (κ2) is 9.49. The van der Waals surface area contributed by atoms with E-state index in [1.165, 1.54) is 12.2 Å². The maximum absolute atomic E-state index is 12.8. The highest BCUT2D eigenvalue weighted by Crippen LogP contribution is 2.58. The Hall–Kier alpha value is -1.97. The van der Waals surface area contributed by atoms with Gasteiger partial charge in [-0.25, -0.2) is 4.79 Å². The van der Waals surface area contributed by atoms with E-state index in [1.807, 2.05) is 6.08 Å². The lowest BCUT2D eigenvalue weighted by atomic mass is 9.61. The van der Waals surface area contributed by atoms with Gasteiger partial charge < -0.3 is 4.74 Å². The molecule has 0 radical (unpaired) electrons. The van der Waals surface area contributed by atoms with Gasteiger partial charge in [-0.1, -0.05) is 52.8 Å². The molecule has 2 saturated carbocycles. The molecule has 0 aromatic heterocycles. The van der Waals surface area contributed by atoms with Crippen molar-refractivity contribution in [3.05, 3.63) is 36.0 Å². The van der Waals surface area contributed by atoms with Crippen LogP contribution in [0.3, 0.4) is 0 Å². The number of carbonyl (C=O) groups is 3. The first-order valence-electron chi connectivity index (χ1n) is 12.3. The maximum atomic E-state index is 12.8. The lowest BCUT2D eigenvalue weighted by Gasteiger charge is -2.43. The molecule has 0 heterocycles. The summed E-state index contributed by atoms with van der Waals surface area (Å²) in [5, 5.41) is 0. The van der Waals surface area contributed by atoms with Crippen molar-refractivity contribution in [2.75, 3.05) is 0 Å². The summed E-state index contributed by atoms with van der Waals surface area (Å²) in [6.07, 6.45) is 13.9. The van der Waals surface area contributed by atoms with Gasteiger partial charge in [0, 0.05) is 18.1 Å². The number of ether oxygens (including phenoxy) is 1. The van der Waals surface area contributed by atoms with Crippen LogP contribution in [0.2, 0.25) is 0 Å². The smallest absolute Gasteiger partial charge is 0.332 e. The molecule has 3 aliphatic rings. The van der Waals surface area contributed by atoms with E-state index in [9.17, 15) is 14.4 Å². The van der Waals surface area contributed by atoms with Crippen LogP contribution in [-0.2, 0) is 19.1 Å². The zero-order valence-electron chi connectivity index (χ0n) is 20.6. The summed E-state index contributed by atoms with van der Waals surface area (Å²) in [5.74, 6) is 1.46. The van der Waals surface area contributed by atoms with E-state index in [1.54, 1.807) is 6.92 Å². The number of fused-ring (bicyclic) bond motifs is 1. The summed E-state index contributed by atoms with van der Waals surface area (Å²) in [4.78, 5) is 37.9. The normalized spacial score (nSPS) is 36.0. The molecule has 0 aromatic rings. The van der Waals surface area contributed by atoms with E-state index in [0.29, 0.717) is 48.5 Å². The molecule has 0 N–H and O–H groups in total. The second-order valence-corrected chi connectivity index (χ2v) is 11.1. The molecule has 6 atom stereocenters. The van der Waals surface area contributed by atoms with Crippen molar-refractivity contribution < 1.29 is 19.1 Å². The first-order chi connectivity index (χ1) is 15.0. The lowest BCUT2D eigenvalue weighted by Crippen LogP contribution is -2.41. The number of carbonyl (C=O) groups excluding carboxylic acids is 3. The van der Waals surface area contributed by atoms with Crippen molar-refractivity contribution in [3.63, 3.8) is 0 Å². The minimum atomic E-state index is -1.13. The first kappa shape index (κ1) is 24.7. The van der Waals surface area contributed by atoms with Crippen molar-refractivity contribution in [2.24, 2.45) is 35.0 Å². The van der Waals surface area contributed by atoms with Crippen LogP contribution in [-0.4, -0.2) is 23.1 Å². The third-order valence-corrected chi connectivity index (χ3v) is 8.58. The topological polar surface area (TPSA) is 60.4 Å². The minimum Gasteiger partial charge on any atom is -0.448 e. The Morgan fingerprint density at radius 3 is 2.47 bits per heavy atom. The monoisotopic (exact) mass is 440 g/mol. The Balaban J connectivity index is 1.78. The van der Waals surface area contributed by atoms with Crippen molar-refractivity contribution >= 4 is 17.5 Å². The predicted molar refractivity (Wildman–Crippen MR) is 127 cm³/mol. The highest BCUT2D eigenvalue weighted by atomic mass is 16.6. The molecule has 0 saturated heterocycles. The SMILES string of the molecule is CC(C)[C@@H](C)/C=C/[C@@H](C)[C@H]1CC[C@H]2/C(=C/C(=O)O[C@]3(C)CCC=CC3=O)C(=O)CC[C@]12C. The van der Waals surface area contributed by atoms with E-state index < -0.39 is 11.6 Å². The van der Waals surface area contributed by atoms with Crippen LogP contribution in [0.25, 0.3) is 0 Å². The average Bonchev–Trinajstić information content (AvgIpc) is 3.08. The largest absolute Gasteiger partial charge is 0.448 e. The van der Waals surface area contributed by atoms with E-state index >= 15 is 0 Å². The van der Waals surface area contributed by atoms with Crippen LogP contribution in [0.1, 0.15) is 80.1 Å². The molecular weight excluding hydrogens is 400 g/mol. The Bertz CT molecular complexity index is 847. The van der Waals surface area contributed by atoms with E-state index in [2.05, 4.69) is 46.8 Å². The third-order valence-electron chi connectivity index (χ3n) is 8.58. The first-order valence-corrected chi connectivity index (χ1v) is 12.3. The van der Waals surface area contributed by atoms with E-state index in [4.69, 9.17) is 4.74 Å². The van der Waals surface area contributed by atoms with Crippen LogP contribution in [0.4, 0.5) is 0 Å². The van der Waals surface area contributed by atoms with Crippen molar-refractivity contribution in [1.82, 2.24) is 0 Å². The molecule has 0 aromatic carbocycles. The number of allylic oxidation sites excluding steroid dienone is 4. The van der Waals surface area contributed by atoms with Crippen LogP contribution >= 0.6 is 0 Å². The number of Topliss-reactive ketones (excluding diaryl/α,β-unsaturated/α-hetero) is 1. The number of rotatable bonds is 6. The van der Waals surface area contributed by atoms with Crippen LogP contribution in [0.5, 0.6) is 0 Å². The molecular formula is C28H40O4. The average molecular weight is 441 g/mol. The molecule has 0 unspecified atom stereocenters. The van der Waals surface area contributed by atoms with Gasteiger partial charge in [0.15, 0.2) is 17.2 Å². The second-order valence-electron chi connectivity index (χ2n) is 11.1. The number of esters is 1. The third kappa shape index (κ3) is 4.84. The van der Waals surface area contributed by atoms with Crippen LogP contribution in [0.15, 0.2) is 36.0 Å². The molecule has 32 heavy (non-hydrogen) atoms. The van der Waals surface area contributed by atoms with Crippen LogP contribution in [0, 0.1) is 35.0 Å². The molecule has 176 valence electrons. The molecule has 0 spiro atoms. The van der Waals surface area contributed by atoms with Crippen molar-refractivity contribution in [1.29, 1.82) is 0 Å².